The van der Waals surface area contributed by atoms with Crippen LogP contribution in [0.5, 0.6) is 0 Å². The number of thioether (sulfide) groups is 5. The molecule has 0 spiro atoms. The Morgan fingerprint density at radius 1 is 0.793 bits per heavy atom. The van der Waals surface area contributed by atoms with Gasteiger partial charge in [-0.05, 0) is 44.3 Å². The van der Waals surface area contributed by atoms with Crippen molar-refractivity contribution in [3.05, 3.63) is 0 Å². The Kier molecular flexibility index (Phi) is 11.5. The highest BCUT2D eigenvalue weighted by atomic mass is 32.2. The van der Waals surface area contributed by atoms with Crippen molar-refractivity contribution >= 4 is 135 Å². The average molecular weight is 601 g/mol. The summed E-state index contributed by atoms with van der Waals surface area (Å²) in [6.45, 7) is 0. The summed E-state index contributed by atoms with van der Waals surface area (Å²) in [6.07, 6.45) is 6.47. The van der Waals surface area contributed by atoms with E-state index < -0.39 is 0 Å². The summed E-state index contributed by atoms with van der Waals surface area (Å²) in [4.78, 5) is 0. The van der Waals surface area contributed by atoms with E-state index in [4.69, 9.17) is 75.8 Å². The second kappa shape index (κ2) is 12.2. The van der Waals surface area contributed by atoms with Gasteiger partial charge in [-0.25, -0.2) is 0 Å². The second-order valence-electron chi connectivity index (χ2n) is 8.29. The first-order valence-corrected chi connectivity index (χ1v) is 17.8. The lowest BCUT2D eigenvalue weighted by Crippen LogP contribution is -2.27. The molecule has 3 aliphatic heterocycles. The van der Waals surface area contributed by atoms with Gasteiger partial charge in [0.05, 0.1) is 8.16 Å². The van der Waals surface area contributed by atoms with Crippen molar-refractivity contribution in [3.63, 3.8) is 0 Å². The summed E-state index contributed by atoms with van der Waals surface area (Å²) in [5, 5.41) is 2.83. The van der Waals surface area contributed by atoms with E-state index in [-0.39, 0.29) is 11.6 Å². The molecule has 3 rings (SSSR count). The first-order valence-electron chi connectivity index (χ1n) is 9.97. The third-order valence-corrected chi connectivity index (χ3v) is 13.2. The van der Waals surface area contributed by atoms with Crippen LogP contribution in [0.15, 0.2) is 0 Å². The van der Waals surface area contributed by atoms with Crippen LogP contribution < -0.4 is 0 Å². The molecule has 3 aliphatic rings. The molecule has 4 atom stereocenters. The van der Waals surface area contributed by atoms with Gasteiger partial charge < -0.3 is 0 Å². The van der Waals surface area contributed by atoms with Crippen molar-refractivity contribution in [2.45, 2.75) is 71.1 Å². The molecule has 3 fully saturated rings. The van der Waals surface area contributed by atoms with Gasteiger partial charge in [0.1, 0.15) is 3.41 Å². The molecule has 0 bridgehead atoms. The lowest BCUT2D eigenvalue weighted by molar-refractivity contribution is 0.675. The minimum absolute atomic E-state index is 0.136. The fourth-order valence-corrected chi connectivity index (χ4v) is 11.5. The maximum atomic E-state index is 4.93. The molecule has 29 heavy (non-hydrogen) atoms. The second-order valence-corrected chi connectivity index (χ2v) is 21.7. The highest BCUT2D eigenvalue weighted by molar-refractivity contribution is 8.24. The number of hydrogen-bond donors (Lipinski definition) is 6. The van der Waals surface area contributed by atoms with Crippen LogP contribution in [0, 0.1) is 0 Å². The molecule has 3 saturated heterocycles. The van der Waals surface area contributed by atoms with Crippen LogP contribution in [0.1, 0.15) is 38.5 Å². The average Bonchev–Trinajstić information content (AvgIpc) is 3.38. The van der Waals surface area contributed by atoms with Crippen LogP contribution in [-0.2, 0) is 0 Å². The smallest absolute Gasteiger partial charge is 0.101 e. The van der Waals surface area contributed by atoms with Crippen molar-refractivity contribution in [1.29, 1.82) is 0 Å². The van der Waals surface area contributed by atoms with Gasteiger partial charge in [-0.1, -0.05) is 0 Å². The SMILES string of the molecule is SC(S)(CCSCC(CC(S)(S)CC1CS1)SC(S)(S)CCC1CS1)CC1CS1. The molecule has 0 aromatic rings. The standard InChI is InChI=1S/C18H32S11/c19-16(20,5-13-10-27-13)3-4-25-8-15(7-17(21,22)6-14-11-28-14)29-18(23,24)2-1-12-9-26-12/h12-15,19-24H,1-11H2. The van der Waals surface area contributed by atoms with Gasteiger partial charge in [0.15, 0.2) is 0 Å². The van der Waals surface area contributed by atoms with Gasteiger partial charge in [0.2, 0.25) is 0 Å². The normalized spacial score (nSPS) is 27.7. The molecule has 11 heteroatoms. The van der Waals surface area contributed by atoms with Crippen LogP contribution >= 0.6 is 135 Å². The molecule has 0 aromatic carbocycles. The van der Waals surface area contributed by atoms with Crippen LogP contribution in [0.25, 0.3) is 0 Å². The Bertz CT molecular complexity index is 512. The molecule has 0 aromatic heterocycles. The maximum Gasteiger partial charge on any atom is 0.101 e. The van der Waals surface area contributed by atoms with Crippen molar-refractivity contribution in [3.8, 4) is 0 Å². The van der Waals surface area contributed by atoms with E-state index in [2.05, 4.69) is 11.8 Å². The molecule has 0 nitrogen and oxygen atoms in total. The summed E-state index contributed by atoms with van der Waals surface area (Å²) in [7, 11) is 0. The van der Waals surface area contributed by atoms with E-state index >= 15 is 0 Å². The topological polar surface area (TPSA) is 0 Å². The number of rotatable bonds is 16. The Balaban J connectivity index is 1.45. The first-order chi connectivity index (χ1) is 13.5. The Morgan fingerprint density at radius 2 is 1.34 bits per heavy atom. The van der Waals surface area contributed by atoms with Gasteiger partial charge >= 0.3 is 0 Å². The molecular weight excluding hydrogens is 569 g/mol. The quantitative estimate of drug-likeness (QED) is 0.0481. The van der Waals surface area contributed by atoms with Gasteiger partial charge in [-0.3, -0.25) is 0 Å². The monoisotopic (exact) mass is 600 g/mol. The zero-order chi connectivity index (χ0) is 21.1. The molecule has 3 heterocycles. The molecule has 4 unspecified atom stereocenters. The van der Waals surface area contributed by atoms with Gasteiger partial charge in [-0.15, -0.1) is 11.8 Å². The third-order valence-electron chi connectivity index (χ3n) is 4.97. The van der Waals surface area contributed by atoms with Crippen molar-refractivity contribution in [2.75, 3.05) is 28.8 Å². The van der Waals surface area contributed by atoms with E-state index in [0.717, 1.165) is 59.4 Å². The van der Waals surface area contributed by atoms with Gasteiger partial charge in [-0.2, -0.15) is 123 Å². The zero-order valence-electron chi connectivity index (χ0n) is 16.3. The highest BCUT2D eigenvalue weighted by Gasteiger charge is 2.37. The molecule has 0 aliphatic carbocycles. The predicted molar refractivity (Wildman–Crippen MR) is 167 cm³/mol. The summed E-state index contributed by atoms with van der Waals surface area (Å²) in [5.74, 6) is 6.04. The maximum absolute atomic E-state index is 4.93. The molecule has 0 amide bonds. The van der Waals surface area contributed by atoms with E-state index in [9.17, 15) is 0 Å². The van der Waals surface area contributed by atoms with Crippen molar-refractivity contribution in [1.82, 2.24) is 0 Å². The summed E-state index contributed by atoms with van der Waals surface area (Å²) in [6, 6.07) is 0. The van der Waals surface area contributed by atoms with Crippen molar-refractivity contribution in [2.24, 2.45) is 0 Å². The third kappa shape index (κ3) is 12.9. The molecule has 0 N–H and O–H groups in total. The Labute approximate surface area is 231 Å². The highest BCUT2D eigenvalue weighted by Crippen LogP contribution is 2.50. The Hall–Kier alpha value is 3.85. The lowest BCUT2D eigenvalue weighted by Gasteiger charge is -2.33. The summed E-state index contributed by atoms with van der Waals surface area (Å²) >= 11 is 39.4. The van der Waals surface area contributed by atoms with Crippen LogP contribution in [0.4, 0.5) is 0 Å². The van der Waals surface area contributed by atoms with Crippen molar-refractivity contribution < 1.29 is 0 Å². The fraction of sp³-hybridized carbons (Fsp3) is 1.00. The van der Waals surface area contributed by atoms with E-state index in [1.807, 2.05) is 47.0 Å². The lowest BCUT2D eigenvalue weighted by atomic mass is 10.1. The van der Waals surface area contributed by atoms with E-state index in [1.54, 1.807) is 0 Å². The molecule has 0 radical (unpaired) electrons. The first kappa shape index (κ1) is 27.4. The molecular formula is C18H32S11. The zero-order valence-corrected chi connectivity index (χ0v) is 25.8. The van der Waals surface area contributed by atoms with Crippen LogP contribution in [-0.4, -0.2) is 61.3 Å². The minimum Gasteiger partial charge on any atom is -0.162 e. The van der Waals surface area contributed by atoms with E-state index in [1.165, 1.54) is 23.7 Å². The largest absolute Gasteiger partial charge is 0.162 e. The van der Waals surface area contributed by atoms with Gasteiger partial charge in [0.25, 0.3) is 0 Å². The minimum atomic E-state index is -0.277. The van der Waals surface area contributed by atoms with E-state index in [0.29, 0.717) is 5.25 Å². The fourth-order valence-electron chi connectivity index (χ4n) is 3.15. The van der Waals surface area contributed by atoms with Gasteiger partial charge in [0, 0.05) is 44.0 Å². The van der Waals surface area contributed by atoms with Crippen LogP contribution in [0.2, 0.25) is 0 Å². The van der Waals surface area contributed by atoms with Crippen LogP contribution in [0.3, 0.4) is 0 Å². The summed E-state index contributed by atoms with van der Waals surface area (Å²) in [5.41, 5.74) is 0. The number of hydrogen-bond acceptors (Lipinski definition) is 11. The number of thiol groups is 6. The summed E-state index contributed by atoms with van der Waals surface area (Å²) < 4.78 is -0.626. The predicted octanol–water partition coefficient (Wildman–Crippen LogP) is 7.13. The Morgan fingerprint density at radius 3 is 1.90 bits per heavy atom. The molecule has 0 saturated carbocycles. The molecule has 170 valence electrons.